The van der Waals surface area contributed by atoms with Crippen molar-refractivity contribution in [3.05, 3.63) is 102 Å². The molecule has 1 N–H and O–H groups in total. The number of hydrogen-bond acceptors (Lipinski definition) is 4. The highest BCUT2D eigenvalue weighted by Gasteiger charge is 2.38. The lowest BCUT2D eigenvalue weighted by Gasteiger charge is -2.36. The van der Waals surface area contributed by atoms with Crippen molar-refractivity contribution in [2.75, 3.05) is 26.9 Å². The molecule has 0 spiro atoms. The fourth-order valence-corrected chi connectivity index (χ4v) is 5.81. The van der Waals surface area contributed by atoms with Gasteiger partial charge in [0.25, 0.3) is 0 Å². The minimum absolute atomic E-state index is 0.147. The Morgan fingerprint density at radius 3 is 1.47 bits per heavy atom. The molecule has 1 atom stereocenters. The lowest BCUT2D eigenvalue weighted by Crippen LogP contribution is -2.36. The first-order valence-electron chi connectivity index (χ1n) is 16.9. The molecule has 0 aliphatic carbocycles. The van der Waals surface area contributed by atoms with Crippen LogP contribution < -0.4 is 4.74 Å². The Hall–Kier alpha value is -2.66. The van der Waals surface area contributed by atoms with Gasteiger partial charge in [-0.25, -0.2) is 0 Å². The van der Waals surface area contributed by atoms with E-state index in [0.29, 0.717) is 6.61 Å². The normalized spacial score (nSPS) is 12.3. The van der Waals surface area contributed by atoms with Gasteiger partial charge in [0.05, 0.1) is 20.3 Å². The number of unbranched alkanes of at least 4 members (excludes halogenated alkanes) is 13. The van der Waals surface area contributed by atoms with Crippen molar-refractivity contribution in [2.24, 2.45) is 0 Å². The number of hydrogen-bond donors (Lipinski definition) is 1. The van der Waals surface area contributed by atoms with Crippen LogP contribution in [0.4, 0.5) is 0 Å². The van der Waals surface area contributed by atoms with Gasteiger partial charge in [0, 0.05) is 6.61 Å². The largest absolute Gasteiger partial charge is 0.497 e. The summed E-state index contributed by atoms with van der Waals surface area (Å²) in [6, 6.07) is 28.4. The molecule has 0 saturated heterocycles. The second kappa shape index (κ2) is 21.1. The molecule has 236 valence electrons. The molecule has 0 aromatic heterocycles. The van der Waals surface area contributed by atoms with Gasteiger partial charge in [-0.1, -0.05) is 163 Å². The maximum atomic E-state index is 10.9. The second-order valence-corrected chi connectivity index (χ2v) is 11.8. The van der Waals surface area contributed by atoms with E-state index in [1.54, 1.807) is 7.11 Å². The standard InChI is InChI=1S/C39H56O4/c1-3-4-5-6-7-8-9-10-11-12-13-14-15-22-31-42-32-37(40)33-43-39(34-23-18-16-19-24-34,35-25-20-17-21-26-35)36-27-29-38(41-2)30-28-36/h16-21,23-30,37,40H,3-15,22,31-33H2,1-2H3/t37-/m0/s1. The molecule has 0 aliphatic heterocycles. The minimum Gasteiger partial charge on any atom is -0.497 e. The van der Waals surface area contributed by atoms with Gasteiger partial charge in [0.15, 0.2) is 0 Å². The SMILES string of the molecule is CCCCCCCCCCCCCCCCOC[C@H](O)COC(c1ccccc1)(c1ccccc1)c1ccc(OC)cc1. The molecule has 0 unspecified atom stereocenters. The van der Waals surface area contributed by atoms with Crippen LogP contribution in [0, 0.1) is 0 Å². The summed E-state index contributed by atoms with van der Waals surface area (Å²) in [4.78, 5) is 0. The van der Waals surface area contributed by atoms with Crippen LogP contribution in [0.1, 0.15) is 114 Å². The van der Waals surface area contributed by atoms with E-state index in [9.17, 15) is 5.11 Å². The molecule has 3 rings (SSSR count). The van der Waals surface area contributed by atoms with Gasteiger partial charge >= 0.3 is 0 Å². The molecule has 4 nitrogen and oxygen atoms in total. The molecule has 0 heterocycles. The summed E-state index contributed by atoms with van der Waals surface area (Å²) < 4.78 is 18.0. The van der Waals surface area contributed by atoms with E-state index in [0.717, 1.165) is 28.9 Å². The summed E-state index contributed by atoms with van der Waals surface area (Å²) in [6.45, 7) is 3.37. The Labute approximate surface area is 261 Å². The number of rotatable bonds is 24. The predicted octanol–water partition coefficient (Wildman–Crippen LogP) is 9.86. The summed E-state index contributed by atoms with van der Waals surface area (Å²) in [5.74, 6) is 0.788. The number of aliphatic hydroxyl groups excluding tert-OH is 1. The zero-order valence-corrected chi connectivity index (χ0v) is 26.9. The topological polar surface area (TPSA) is 47.9 Å². The lowest BCUT2D eigenvalue weighted by molar-refractivity contribution is -0.0641. The third kappa shape index (κ3) is 12.1. The van der Waals surface area contributed by atoms with Crippen molar-refractivity contribution in [2.45, 2.75) is 109 Å². The van der Waals surface area contributed by atoms with Gasteiger partial charge in [-0.2, -0.15) is 0 Å². The van der Waals surface area contributed by atoms with Crippen LogP contribution >= 0.6 is 0 Å². The highest BCUT2D eigenvalue weighted by atomic mass is 16.5. The van der Waals surface area contributed by atoms with E-state index in [-0.39, 0.29) is 13.2 Å². The smallest absolute Gasteiger partial charge is 0.143 e. The van der Waals surface area contributed by atoms with E-state index in [2.05, 4.69) is 31.2 Å². The molecule has 0 aliphatic rings. The Morgan fingerprint density at radius 2 is 1.00 bits per heavy atom. The molecular weight excluding hydrogens is 532 g/mol. The molecule has 0 saturated carbocycles. The van der Waals surface area contributed by atoms with Crippen LogP contribution in [-0.2, 0) is 15.1 Å². The van der Waals surface area contributed by atoms with Crippen molar-refractivity contribution in [3.8, 4) is 5.75 Å². The average molecular weight is 589 g/mol. The van der Waals surface area contributed by atoms with Gasteiger partial charge in [-0.15, -0.1) is 0 Å². The first kappa shape index (κ1) is 34.8. The highest BCUT2D eigenvalue weighted by Crippen LogP contribution is 2.41. The number of benzene rings is 3. The third-order valence-electron chi connectivity index (χ3n) is 8.30. The van der Waals surface area contributed by atoms with Crippen LogP contribution in [0.2, 0.25) is 0 Å². The lowest BCUT2D eigenvalue weighted by atomic mass is 9.80. The second-order valence-electron chi connectivity index (χ2n) is 11.8. The highest BCUT2D eigenvalue weighted by molar-refractivity contribution is 5.48. The number of aliphatic hydroxyl groups is 1. The minimum atomic E-state index is -0.885. The zero-order chi connectivity index (χ0) is 30.4. The predicted molar refractivity (Wildman–Crippen MR) is 179 cm³/mol. The maximum absolute atomic E-state index is 10.9. The van der Waals surface area contributed by atoms with Crippen molar-refractivity contribution in [1.82, 2.24) is 0 Å². The quantitative estimate of drug-likeness (QED) is 0.0836. The van der Waals surface area contributed by atoms with E-state index < -0.39 is 11.7 Å². The molecule has 43 heavy (non-hydrogen) atoms. The molecule has 0 radical (unpaired) electrons. The van der Waals surface area contributed by atoms with Crippen LogP contribution in [0.5, 0.6) is 5.75 Å². The molecule has 0 fully saturated rings. The first-order valence-corrected chi connectivity index (χ1v) is 16.9. The zero-order valence-electron chi connectivity index (χ0n) is 26.9. The molecule has 3 aromatic carbocycles. The van der Waals surface area contributed by atoms with E-state index in [4.69, 9.17) is 14.2 Å². The summed E-state index contributed by atoms with van der Waals surface area (Å²) >= 11 is 0. The van der Waals surface area contributed by atoms with E-state index >= 15 is 0 Å². The average Bonchev–Trinajstić information content (AvgIpc) is 3.06. The fourth-order valence-electron chi connectivity index (χ4n) is 5.81. The molecule has 3 aromatic rings. The molecule has 0 amide bonds. The monoisotopic (exact) mass is 588 g/mol. The van der Waals surface area contributed by atoms with Crippen molar-refractivity contribution < 1.29 is 19.3 Å². The fraction of sp³-hybridized carbons (Fsp3) is 0.538. The molecule has 0 bridgehead atoms. The maximum Gasteiger partial charge on any atom is 0.143 e. The Bertz CT molecular complexity index is 1030. The summed E-state index contributed by atoms with van der Waals surface area (Å²) in [5, 5.41) is 10.9. The Kier molecular flexibility index (Phi) is 17.1. The van der Waals surface area contributed by atoms with E-state index in [1.165, 1.54) is 83.5 Å². The Balaban J connectivity index is 1.41. The van der Waals surface area contributed by atoms with Crippen molar-refractivity contribution in [3.63, 3.8) is 0 Å². The Morgan fingerprint density at radius 1 is 0.558 bits per heavy atom. The van der Waals surface area contributed by atoms with Crippen LogP contribution in [0.25, 0.3) is 0 Å². The molecular formula is C39H56O4. The van der Waals surface area contributed by atoms with Gasteiger partial charge in [0.1, 0.15) is 17.5 Å². The van der Waals surface area contributed by atoms with Gasteiger partial charge in [-0.05, 0) is 35.2 Å². The number of methoxy groups -OCH3 is 1. The van der Waals surface area contributed by atoms with Crippen LogP contribution in [0.15, 0.2) is 84.9 Å². The number of ether oxygens (including phenoxy) is 3. The van der Waals surface area contributed by atoms with Gasteiger partial charge in [-0.3, -0.25) is 0 Å². The van der Waals surface area contributed by atoms with Gasteiger partial charge < -0.3 is 19.3 Å². The van der Waals surface area contributed by atoms with E-state index in [1.807, 2.05) is 60.7 Å². The van der Waals surface area contributed by atoms with Crippen molar-refractivity contribution >= 4 is 0 Å². The van der Waals surface area contributed by atoms with Crippen molar-refractivity contribution in [1.29, 1.82) is 0 Å². The summed E-state index contributed by atoms with van der Waals surface area (Å²) in [7, 11) is 1.67. The first-order chi connectivity index (χ1) is 21.2. The third-order valence-corrected chi connectivity index (χ3v) is 8.30. The summed E-state index contributed by atoms with van der Waals surface area (Å²) in [6.07, 6.45) is 18.0. The van der Waals surface area contributed by atoms with Crippen LogP contribution in [-0.4, -0.2) is 38.1 Å². The summed E-state index contributed by atoms with van der Waals surface area (Å²) in [5.41, 5.74) is 2.09. The van der Waals surface area contributed by atoms with Gasteiger partial charge in [0.2, 0.25) is 0 Å². The molecule has 4 heteroatoms. The van der Waals surface area contributed by atoms with Crippen LogP contribution in [0.3, 0.4) is 0 Å².